The second-order valence-corrected chi connectivity index (χ2v) is 11.2. The highest BCUT2D eigenvalue weighted by Crippen LogP contribution is 2.32. The number of nitrogens with zero attached hydrogens (tertiary/aromatic N) is 3. The van der Waals surface area contributed by atoms with Gasteiger partial charge in [0.25, 0.3) is 5.91 Å². The van der Waals surface area contributed by atoms with Crippen molar-refractivity contribution in [1.29, 1.82) is 0 Å². The van der Waals surface area contributed by atoms with Gasteiger partial charge in [0.05, 0.1) is 23.6 Å². The van der Waals surface area contributed by atoms with Gasteiger partial charge in [-0.25, -0.2) is 0 Å². The number of anilines is 1. The molecular weight excluding hydrogens is 520 g/mol. The number of amides is 2. The maximum Gasteiger partial charge on any atom is 0.316 e. The molecule has 1 atom stereocenters. The average Bonchev–Trinajstić information content (AvgIpc) is 3.49. The van der Waals surface area contributed by atoms with Crippen molar-refractivity contribution in [3.8, 4) is 0 Å². The normalized spacial score (nSPS) is 12.3. The summed E-state index contributed by atoms with van der Waals surface area (Å²) in [6.07, 6.45) is 5.81. The molecular formula is C32H34N4O5. The molecule has 212 valence electrons. The van der Waals surface area contributed by atoms with Crippen molar-refractivity contribution in [2.45, 2.75) is 58.2 Å². The van der Waals surface area contributed by atoms with E-state index in [1.807, 2.05) is 51.1 Å². The zero-order chi connectivity index (χ0) is 29.6. The van der Waals surface area contributed by atoms with E-state index in [9.17, 15) is 14.4 Å². The van der Waals surface area contributed by atoms with Gasteiger partial charge in [-0.2, -0.15) is 0 Å². The summed E-state index contributed by atoms with van der Waals surface area (Å²) >= 11 is 0. The lowest BCUT2D eigenvalue weighted by Crippen LogP contribution is -2.49. The molecule has 4 aromatic rings. The summed E-state index contributed by atoms with van der Waals surface area (Å²) in [5.74, 6) is -1.31. The predicted octanol–water partition coefficient (Wildman–Crippen LogP) is 5.39. The third kappa shape index (κ3) is 7.05. The first-order valence-electron chi connectivity index (χ1n) is 13.2. The minimum atomic E-state index is -1.16. The standard InChI is InChI=1S/C32H34N4O5/c1-31(2,3)35-28(37)27(25-20-33-17-18-34-25)36(29(38)26-12-9-19-40-26)24-15-13-23(14-16-24)32(4,5)30(39)41-21-22-10-7-6-8-11-22/h6-20,27H,21H2,1-5H3,(H,35,37). The fraction of sp³-hybridized carbons (Fsp3) is 0.281. The third-order valence-electron chi connectivity index (χ3n) is 6.41. The number of carbonyl (C=O) groups is 3. The fourth-order valence-corrected chi connectivity index (χ4v) is 4.24. The van der Waals surface area contributed by atoms with E-state index < -0.39 is 28.8 Å². The zero-order valence-electron chi connectivity index (χ0n) is 23.8. The SMILES string of the molecule is CC(C)(C)NC(=O)C(c1cnccn1)N(C(=O)c1ccco1)c1ccc(C(C)(C)C(=O)OCc2ccccc2)cc1. The first kappa shape index (κ1) is 29.2. The largest absolute Gasteiger partial charge is 0.460 e. The van der Waals surface area contributed by atoms with Crippen molar-refractivity contribution >= 4 is 23.5 Å². The van der Waals surface area contributed by atoms with Gasteiger partial charge in [0, 0.05) is 23.6 Å². The van der Waals surface area contributed by atoms with Crippen LogP contribution in [0, 0.1) is 0 Å². The molecule has 1 N–H and O–H groups in total. The third-order valence-corrected chi connectivity index (χ3v) is 6.41. The molecule has 9 nitrogen and oxygen atoms in total. The van der Waals surface area contributed by atoms with Crippen LogP contribution in [0.15, 0.2) is 96.0 Å². The van der Waals surface area contributed by atoms with Crippen molar-refractivity contribution in [3.05, 3.63) is 114 Å². The summed E-state index contributed by atoms with van der Waals surface area (Å²) in [6, 6.07) is 18.3. The van der Waals surface area contributed by atoms with Crippen molar-refractivity contribution < 1.29 is 23.5 Å². The van der Waals surface area contributed by atoms with Gasteiger partial charge in [0.2, 0.25) is 5.91 Å². The van der Waals surface area contributed by atoms with Crippen LogP contribution in [0.5, 0.6) is 0 Å². The molecule has 4 rings (SSSR count). The van der Waals surface area contributed by atoms with E-state index in [1.165, 1.54) is 35.8 Å². The Morgan fingerprint density at radius 3 is 2.22 bits per heavy atom. The summed E-state index contributed by atoms with van der Waals surface area (Å²) < 4.78 is 11.0. The molecule has 0 bridgehead atoms. The smallest absolute Gasteiger partial charge is 0.316 e. The van der Waals surface area contributed by atoms with Gasteiger partial charge < -0.3 is 14.5 Å². The molecule has 0 aliphatic carbocycles. The van der Waals surface area contributed by atoms with Crippen LogP contribution in [0.2, 0.25) is 0 Å². The van der Waals surface area contributed by atoms with E-state index >= 15 is 0 Å². The number of ether oxygens (including phenoxy) is 1. The van der Waals surface area contributed by atoms with Crippen LogP contribution in [0.1, 0.15) is 68.0 Å². The maximum atomic E-state index is 13.8. The van der Waals surface area contributed by atoms with E-state index in [0.717, 1.165) is 5.56 Å². The summed E-state index contributed by atoms with van der Waals surface area (Å²) in [5, 5.41) is 2.95. The van der Waals surface area contributed by atoms with Crippen molar-refractivity contribution in [2.24, 2.45) is 0 Å². The Bertz CT molecular complexity index is 1460. The molecule has 2 aromatic carbocycles. The van der Waals surface area contributed by atoms with Gasteiger partial charge in [-0.3, -0.25) is 29.3 Å². The second-order valence-electron chi connectivity index (χ2n) is 11.2. The Morgan fingerprint density at radius 2 is 1.63 bits per heavy atom. The highest BCUT2D eigenvalue weighted by atomic mass is 16.5. The molecule has 0 aliphatic heterocycles. The van der Waals surface area contributed by atoms with E-state index in [-0.39, 0.29) is 24.0 Å². The van der Waals surface area contributed by atoms with Crippen LogP contribution in [-0.2, 0) is 26.3 Å². The number of hydrogen-bond acceptors (Lipinski definition) is 7. The van der Waals surface area contributed by atoms with Crippen molar-refractivity contribution in [1.82, 2.24) is 15.3 Å². The van der Waals surface area contributed by atoms with Gasteiger partial charge in [-0.15, -0.1) is 0 Å². The molecule has 0 spiro atoms. The fourth-order valence-electron chi connectivity index (χ4n) is 4.24. The number of furan rings is 1. The maximum absolute atomic E-state index is 13.8. The van der Waals surface area contributed by atoms with Gasteiger partial charge in [0.1, 0.15) is 6.61 Å². The minimum Gasteiger partial charge on any atom is -0.460 e. The minimum absolute atomic E-state index is 0.0522. The molecule has 1 unspecified atom stereocenters. The predicted molar refractivity (Wildman–Crippen MR) is 154 cm³/mol. The summed E-state index contributed by atoms with van der Waals surface area (Å²) in [6.45, 7) is 9.27. The highest BCUT2D eigenvalue weighted by molar-refractivity contribution is 6.08. The molecule has 2 amide bonds. The molecule has 0 fully saturated rings. The van der Waals surface area contributed by atoms with Gasteiger partial charge in [-0.1, -0.05) is 42.5 Å². The van der Waals surface area contributed by atoms with Crippen LogP contribution in [0.25, 0.3) is 0 Å². The van der Waals surface area contributed by atoms with Crippen LogP contribution < -0.4 is 10.2 Å². The average molecular weight is 555 g/mol. The highest BCUT2D eigenvalue weighted by Gasteiger charge is 2.38. The Hall–Kier alpha value is -4.79. The summed E-state index contributed by atoms with van der Waals surface area (Å²) in [5.41, 5.74) is 0.705. The van der Waals surface area contributed by atoms with Gasteiger partial charge in [-0.05, 0) is 70.0 Å². The van der Waals surface area contributed by atoms with E-state index in [0.29, 0.717) is 11.3 Å². The summed E-state index contributed by atoms with van der Waals surface area (Å²) in [7, 11) is 0. The molecule has 2 aromatic heterocycles. The number of aromatic nitrogens is 2. The Morgan fingerprint density at radius 1 is 0.927 bits per heavy atom. The second kappa shape index (κ2) is 12.2. The Balaban J connectivity index is 1.69. The molecule has 2 heterocycles. The lowest BCUT2D eigenvalue weighted by molar-refractivity contribution is -0.150. The van der Waals surface area contributed by atoms with Crippen LogP contribution >= 0.6 is 0 Å². The van der Waals surface area contributed by atoms with Crippen molar-refractivity contribution in [3.63, 3.8) is 0 Å². The monoisotopic (exact) mass is 554 g/mol. The Labute approximate surface area is 239 Å². The first-order chi connectivity index (χ1) is 19.5. The molecule has 0 aliphatic rings. The van der Waals surface area contributed by atoms with E-state index in [1.54, 1.807) is 44.2 Å². The van der Waals surface area contributed by atoms with Crippen LogP contribution in [0.3, 0.4) is 0 Å². The lowest BCUT2D eigenvalue weighted by atomic mass is 9.84. The summed E-state index contributed by atoms with van der Waals surface area (Å²) in [4.78, 5) is 50.4. The molecule has 0 saturated heterocycles. The Kier molecular flexibility index (Phi) is 8.66. The molecule has 41 heavy (non-hydrogen) atoms. The molecule has 9 heteroatoms. The quantitative estimate of drug-likeness (QED) is 0.276. The lowest BCUT2D eigenvalue weighted by Gasteiger charge is -2.33. The molecule has 0 radical (unpaired) electrons. The number of carbonyl (C=O) groups excluding carboxylic acids is 3. The van der Waals surface area contributed by atoms with Gasteiger partial charge in [0.15, 0.2) is 11.8 Å². The zero-order valence-corrected chi connectivity index (χ0v) is 23.8. The topological polar surface area (TPSA) is 115 Å². The van der Waals surface area contributed by atoms with E-state index in [2.05, 4.69) is 15.3 Å². The van der Waals surface area contributed by atoms with Gasteiger partial charge >= 0.3 is 5.97 Å². The number of esters is 1. The number of nitrogens with one attached hydrogen (secondary N) is 1. The number of benzene rings is 2. The molecule has 0 saturated carbocycles. The first-order valence-corrected chi connectivity index (χ1v) is 13.2. The number of hydrogen-bond donors (Lipinski definition) is 1. The number of rotatable bonds is 9. The van der Waals surface area contributed by atoms with E-state index in [4.69, 9.17) is 9.15 Å². The van der Waals surface area contributed by atoms with Crippen LogP contribution in [0.4, 0.5) is 5.69 Å². The van der Waals surface area contributed by atoms with Crippen molar-refractivity contribution in [2.75, 3.05) is 4.90 Å². The van der Waals surface area contributed by atoms with Crippen LogP contribution in [-0.4, -0.2) is 33.3 Å².